The highest BCUT2D eigenvalue weighted by atomic mass is 19.2. The van der Waals surface area contributed by atoms with E-state index in [1.54, 1.807) is 19.2 Å². The molecular formula is C20H17F2N3O2. The Hall–Kier alpha value is -3.27. The maximum absolute atomic E-state index is 13.9. The van der Waals surface area contributed by atoms with Gasteiger partial charge in [0.1, 0.15) is 5.92 Å². The topological polar surface area (TPSA) is 73.2 Å². The van der Waals surface area contributed by atoms with Crippen LogP contribution < -0.4 is 5.32 Å². The lowest BCUT2D eigenvalue weighted by Gasteiger charge is -2.18. The minimum Gasteiger partial charge on any atom is -0.344 e. The Morgan fingerprint density at radius 3 is 2.74 bits per heavy atom. The molecule has 2 amide bonds. The molecule has 1 N–H and O–H groups in total. The zero-order valence-corrected chi connectivity index (χ0v) is 14.8. The van der Waals surface area contributed by atoms with Crippen LogP contribution in [0.25, 0.3) is 0 Å². The Morgan fingerprint density at radius 1 is 1.30 bits per heavy atom. The summed E-state index contributed by atoms with van der Waals surface area (Å²) in [6.07, 6.45) is 0. The molecule has 0 bridgehead atoms. The quantitative estimate of drug-likeness (QED) is 0.846. The van der Waals surface area contributed by atoms with E-state index in [1.165, 1.54) is 17.0 Å². The second kappa shape index (κ2) is 7.16. The number of nitrogens with one attached hydrogen (secondary N) is 1. The number of hydrogen-bond acceptors (Lipinski definition) is 3. The number of likely N-dealkylation sites (N-methyl/N-ethyl adjacent to an activating group) is 1. The molecule has 1 heterocycles. The molecule has 1 fully saturated rings. The first kappa shape index (κ1) is 18.5. The van der Waals surface area contributed by atoms with Crippen LogP contribution in [0.15, 0.2) is 36.4 Å². The summed E-state index contributed by atoms with van der Waals surface area (Å²) < 4.78 is 27.3. The molecule has 1 saturated heterocycles. The zero-order valence-electron chi connectivity index (χ0n) is 14.8. The van der Waals surface area contributed by atoms with Crippen LogP contribution in [0.1, 0.15) is 22.6 Å². The van der Waals surface area contributed by atoms with Gasteiger partial charge in [-0.1, -0.05) is 12.1 Å². The van der Waals surface area contributed by atoms with Crippen molar-refractivity contribution in [3.8, 4) is 6.07 Å². The Bertz CT molecular complexity index is 968. The number of halogens is 2. The summed E-state index contributed by atoms with van der Waals surface area (Å²) in [5.41, 5.74) is 1.64. The number of nitriles is 1. The number of carbonyl (C=O) groups is 2. The van der Waals surface area contributed by atoms with E-state index in [9.17, 15) is 23.6 Å². The largest absolute Gasteiger partial charge is 0.344 e. The molecule has 2 unspecified atom stereocenters. The monoisotopic (exact) mass is 369 g/mol. The maximum Gasteiger partial charge on any atom is 0.237 e. The van der Waals surface area contributed by atoms with Crippen molar-refractivity contribution in [2.75, 3.05) is 18.9 Å². The van der Waals surface area contributed by atoms with Crippen molar-refractivity contribution in [1.82, 2.24) is 4.90 Å². The van der Waals surface area contributed by atoms with Gasteiger partial charge in [0.2, 0.25) is 11.8 Å². The average Bonchev–Trinajstić information content (AvgIpc) is 2.93. The van der Waals surface area contributed by atoms with Crippen LogP contribution in [0, 0.1) is 35.8 Å². The van der Waals surface area contributed by atoms with Gasteiger partial charge in [-0.15, -0.1) is 0 Å². The molecule has 1 aliphatic heterocycles. The number of hydrogen-bond donors (Lipinski definition) is 1. The molecule has 0 radical (unpaired) electrons. The molecule has 5 nitrogen and oxygen atoms in total. The molecule has 1 aliphatic rings. The lowest BCUT2D eigenvalue weighted by molar-refractivity contribution is -0.135. The third-order valence-corrected chi connectivity index (χ3v) is 4.66. The zero-order chi connectivity index (χ0) is 19.7. The molecule has 0 aromatic heterocycles. The van der Waals surface area contributed by atoms with Crippen molar-refractivity contribution in [2.24, 2.45) is 5.92 Å². The third-order valence-electron chi connectivity index (χ3n) is 4.66. The van der Waals surface area contributed by atoms with Gasteiger partial charge in [0.25, 0.3) is 0 Å². The van der Waals surface area contributed by atoms with Crippen LogP contribution in [0.4, 0.5) is 14.5 Å². The fourth-order valence-corrected chi connectivity index (χ4v) is 3.39. The van der Waals surface area contributed by atoms with Crippen molar-refractivity contribution < 1.29 is 18.4 Å². The number of likely N-dealkylation sites (tertiary alicyclic amines) is 1. The van der Waals surface area contributed by atoms with E-state index < -0.39 is 35.3 Å². The van der Waals surface area contributed by atoms with Gasteiger partial charge in [-0.2, -0.15) is 5.26 Å². The molecule has 7 heteroatoms. The Kier molecular flexibility index (Phi) is 4.91. The van der Waals surface area contributed by atoms with E-state index in [0.29, 0.717) is 11.1 Å². The van der Waals surface area contributed by atoms with Crippen molar-refractivity contribution in [3.63, 3.8) is 0 Å². The van der Waals surface area contributed by atoms with E-state index in [0.717, 1.165) is 11.6 Å². The highest BCUT2D eigenvalue weighted by Crippen LogP contribution is 2.35. The first-order chi connectivity index (χ1) is 12.8. The van der Waals surface area contributed by atoms with E-state index in [1.807, 2.05) is 13.0 Å². The predicted molar refractivity (Wildman–Crippen MR) is 94.7 cm³/mol. The molecular weight excluding hydrogens is 352 g/mol. The summed E-state index contributed by atoms with van der Waals surface area (Å²) in [6, 6.07) is 10.7. The second-order valence-corrected chi connectivity index (χ2v) is 6.64. The van der Waals surface area contributed by atoms with Crippen LogP contribution in [0.5, 0.6) is 0 Å². The summed E-state index contributed by atoms with van der Waals surface area (Å²) >= 11 is 0. The van der Waals surface area contributed by atoms with E-state index in [-0.39, 0.29) is 12.2 Å². The van der Waals surface area contributed by atoms with Gasteiger partial charge >= 0.3 is 0 Å². The molecule has 2 aromatic rings. The van der Waals surface area contributed by atoms with Gasteiger partial charge < -0.3 is 10.2 Å². The minimum atomic E-state index is -1.18. The van der Waals surface area contributed by atoms with Crippen LogP contribution in [0.3, 0.4) is 0 Å². The summed E-state index contributed by atoms with van der Waals surface area (Å²) in [7, 11) is 1.58. The van der Waals surface area contributed by atoms with E-state index in [2.05, 4.69) is 11.4 Å². The van der Waals surface area contributed by atoms with Crippen LogP contribution in [-0.2, 0) is 9.59 Å². The van der Waals surface area contributed by atoms with Gasteiger partial charge in [0, 0.05) is 19.5 Å². The number of rotatable bonds is 3. The summed E-state index contributed by atoms with van der Waals surface area (Å²) in [6.45, 7) is 2.11. The lowest BCUT2D eigenvalue weighted by atomic mass is 9.86. The third kappa shape index (κ3) is 3.51. The molecule has 3 rings (SSSR count). The van der Waals surface area contributed by atoms with Crippen molar-refractivity contribution in [3.05, 3.63) is 64.7 Å². The first-order valence-corrected chi connectivity index (χ1v) is 8.33. The van der Waals surface area contributed by atoms with Crippen LogP contribution in [-0.4, -0.2) is 30.3 Å². The maximum atomic E-state index is 13.9. The number of carbonyl (C=O) groups excluding carboxylic acids is 2. The lowest BCUT2D eigenvalue weighted by Crippen LogP contribution is -2.33. The van der Waals surface area contributed by atoms with Gasteiger partial charge in [0.15, 0.2) is 11.6 Å². The number of nitrogens with zero attached hydrogens (tertiary/aromatic N) is 2. The van der Waals surface area contributed by atoms with Crippen LogP contribution in [0.2, 0.25) is 0 Å². The highest BCUT2D eigenvalue weighted by Gasteiger charge is 2.44. The fourth-order valence-electron chi connectivity index (χ4n) is 3.39. The molecule has 138 valence electrons. The van der Waals surface area contributed by atoms with E-state index in [4.69, 9.17) is 0 Å². The predicted octanol–water partition coefficient (Wildman–Crippen LogP) is 2.96. The van der Waals surface area contributed by atoms with Gasteiger partial charge in [-0.05, 0) is 42.3 Å². The molecule has 27 heavy (non-hydrogen) atoms. The van der Waals surface area contributed by atoms with Gasteiger partial charge in [-0.3, -0.25) is 9.59 Å². The first-order valence-electron chi connectivity index (χ1n) is 8.33. The number of aryl methyl sites for hydroxylation is 1. The summed E-state index contributed by atoms with van der Waals surface area (Å²) in [4.78, 5) is 26.7. The number of anilines is 1. The molecule has 0 spiro atoms. The molecule has 0 aliphatic carbocycles. The Morgan fingerprint density at radius 2 is 2.04 bits per heavy atom. The van der Waals surface area contributed by atoms with E-state index >= 15 is 0 Å². The number of benzene rings is 2. The van der Waals surface area contributed by atoms with Gasteiger partial charge in [0.05, 0.1) is 17.3 Å². The molecule has 2 atom stereocenters. The van der Waals surface area contributed by atoms with Crippen molar-refractivity contribution in [2.45, 2.75) is 12.8 Å². The second-order valence-electron chi connectivity index (χ2n) is 6.64. The Balaban J connectivity index is 1.95. The van der Waals surface area contributed by atoms with Crippen molar-refractivity contribution >= 4 is 17.5 Å². The minimum absolute atomic E-state index is 0.289. The Labute approximate surface area is 155 Å². The normalized spacial score (nSPS) is 19.1. The van der Waals surface area contributed by atoms with Crippen LogP contribution >= 0.6 is 0 Å². The smallest absolute Gasteiger partial charge is 0.237 e. The summed E-state index contributed by atoms with van der Waals surface area (Å²) in [5, 5.41) is 11.5. The molecule has 0 saturated carbocycles. The van der Waals surface area contributed by atoms with Gasteiger partial charge in [-0.25, -0.2) is 8.78 Å². The fraction of sp³-hybridized carbons (Fsp3) is 0.250. The van der Waals surface area contributed by atoms with Crippen molar-refractivity contribution in [1.29, 1.82) is 5.26 Å². The summed E-state index contributed by atoms with van der Waals surface area (Å²) in [5.74, 6) is -4.97. The SMILES string of the molecule is Cc1cc(C#N)cc(C2CN(C)C(=O)C2C(=O)Nc2cccc(F)c2F)c1. The highest BCUT2D eigenvalue weighted by molar-refractivity contribution is 6.08. The molecule has 2 aromatic carbocycles. The standard InChI is InChI=1S/C20H17F2N3O2/c1-11-6-12(9-23)8-13(7-11)14-10-25(2)20(27)17(14)19(26)24-16-5-3-4-15(21)18(16)22/h3-8,14,17H,10H2,1-2H3,(H,24,26). The average molecular weight is 369 g/mol. The number of amides is 2.